The van der Waals surface area contributed by atoms with Crippen molar-refractivity contribution in [2.24, 2.45) is 0 Å². The van der Waals surface area contributed by atoms with Crippen LogP contribution in [0.5, 0.6) is 0 Å². The van der Waals surface area contributed by atoms with Crippen LogP contribution in [0.25, 0.3) is 11.1 Å². The largest absolute Gasteiger partial charge is 0.333 e. The molecule has 3 nitrogen and oxygen atoms in total. The van der Waals surface area contributed by atoms with Crippen molar-refractivity contribution in [3.05, 3.63) is 86.8 Å². The standard InChI is InChI=1S/C21H16Cl2N2OS/c1-2-21(26)25-11-18(17-8-20(23)27-19(17)12-25)16-6-4-3-5-15(16)13-7-14(22)10-24-9-13/h2-10,18H,1,11-12H2/t18-/m0/s1. The Kier molecular flexibility index (Phi) is 5.04. The molecule has 0 aliphatic carbocycles. The van der Waals surface area contributed by atoms with Gasteiger partial charge in [0.25, 0.3) is 0 Å². The lowest BCUT2D eigenvalue weighted by atomic mass is 9.84. The average Bonchev–Trinajstić information content (AvgIpc) is 3.06. The SMILES string of the molecule is C=CC(=O)N1Cc2sc(Cl)cc2[C@H](c2ccccc2-c2cncc(Cl)c2)C1. The Morgan fingerprint density at radius 2 is 2.04 bits per heavy atom. The summed E-state index contributed by atoms with van der Waals surface area (Å²) >= 11 is 14.0. The van der Waals surface area contributed by atoms with Gasteiger partial charge >= 0.3 is 0 Å². The first-order valence-corrected chi connectivity index (χ1v) is 10.0. The lowest BCUT2D eigenvalue weighted by Crippen LogP contribution is -2.37. The highest BCUT2D eigenvalue weighted by Gasteiger charge is 2.31. The summed E-state index contributed by atoms with van der Waals surface area (Å²) < 4.78 is 0.736. The highest BCUT2D eigenvalue weighted by molar-refractivity contribution is 7.16. The number of halogens is 2. The van der Waals surface area contributed by atoms with E-state index in [-0.39, 0.29) is 11.8 Å². The fourth-order valence-corrected chi connectivity index (χ4v) is 5.10. The molecule has 0 radical (unpaired) electrons. The summed E-state index contributed by atoms with van der Waals surface area (Å²) in [6.07, 6.45) is 4.79. The molecule has 2 aromatic heterocycles. The Balaban J connectivity index is 1.85. The molecule has 136 valence electrons. The highest BCUT2D eigenvalue weighted by atomic mass is 35.5. The van der Waals surface area contributed by atoms with Gasteiger partial charge in [0, 0.05) is 35.3 Å². The second-order valence-electron chi connectivity index (χ2n) is 6.38. The summed E-state index contributed by atoms with van der Waals surface area (Å²) in [5, 5.41) is 0.591. The van der Waals surface area contributed by atoms with Crippen LogP contribution in [0.2, 0.25) is 9.36 Å². The number of nitrogens with zero attached hydrogens (tertiary/aromatic N) is 2. The maximum absolute atomic E-state index is 12.3. The zero-order chi connectivity index (χ0) is 19.0. The van der Waals surface area contributed by atoms with Crippen molar-refractivity contribution in [1.29, 1.82) is 0 Å². The summed E-state index contributed by atoms with van der Waals surface area (Å²) in [7, 11) is 0. The Bertz CT molecular complexity index is 1030. The van der Waals surface area contributed by atoms with E-state index < -0.39 is 0 Å². The molecule has 0 bridgehead atoms. The maximum atomic E-state index is 12.3. The molecule has 0 fully saturated rings. The maximum Gasteiger partial charge on any atom is 0.246 e. The first-order chi connectivity index (χ1) is 13.1. The summed E-state index contributed by atoms with van der Waals surface area (Å²) in [5.41, 5.74) is 4.31. The number of aromatic nitrogens is 1. The smallest absolute Gasteiger partial charge is 0.246 e. The van der Waals surface area contributed by atoms with E-state index in [2.05, 4.69) is 23.7 Å². The second-order valence-corrected chi connectivity index (χ2v) is 8.59. The molecule has 1 aromatic carbocycles. The van der Waals surface area contributed by atoms with Crippen LogP contribution in [0.1, 0.15) is 21.9 Å². The third-order valence-electron chi connectivity index (χ3n) is 4.76. The number of thiophene rings is 1. The van der Waals surface area contributed by atoms with Gasteiger partial charge in [-0.3, -0.25) is 9.78 Å². The van der Waals surface area contributed by atoms with Crippen LogP contribution in [-0.2, 0) is 11.3 Å². The zero-order valence-electron chi connectivity index (χ0n) is 14.4. The molecular formula is C21H16Cl2N2OS. The molecule has 0 unspecified atom stereocenters. The van der Waals surface area contributed by atoms with Crippen LogP contribution in [0.15, 0.2) is 61.4 Å². The molecule has 3 aromatic rings. The van der Waals surface area contributed by atoms with Gasteiger partial charge < -0.3 is 4.90 Å². The van der Waals surface area contributed by atoms with Crippen LogP contribution < -0.4 is 0 Å². The Morgan fingerprint density at radius 1 is 1.22 bits per heavy atom. The normalized spacial score (nSPS) is 16.1. The molecule has 0 N–H and O–H groups in total. The molecule has 27 heavy (non-hydrogen) atoms. The highest BCUT2D eigenvalue weighted by Crippen LogP contribution is 2.42. The van der Waals surface area contributed by atoms with Gasteiger partial charge in [0.1, 0.15) is 0 Å². The number of amides is 1. The van der Waals surface area contributed by atoms with E-state index in [1.54, 1.807) is 6.20 Å². The molecule has 0 saturated carbocycles. The van der Waals surface area contributed by atoms with E-state index in [4.69, 9.17) is 23.2 Å². The predicted octanol–water partition coefficient (Wildman–Crippen LogP) is 5.78. The van der Waals surface area contributed by atoms with Gasteiger partial charge in [-0.2, -0.15) is 0 Å². The average molecular weight is 415 g/mol. The van der Waals surface area contributed by atoms with Crippen molar-refractivity contribution in [3.63, 3.8) is 0 Å². The van der Waals surface area contributed by atoms with E-state index in [1.165, 1.54) is 23.0 Å². The second kappa shape index (κ2) is 7.47. The summed E-state index contributed by atoms with van der Waals surface area (Å²) in [5.74, 6) is -0.0475. The molecule has 0 spiro atoms. The topological polar surface area (TPSA) is 33.2 Å². The van der Waals surface area contributed by atoms with E-state index >= 15 is 0 Å². The van der Waals surface area contributed by atoms with Crippen molar-refractivity contribution >= 4 is 40.4 Å². The number of hydrogen-bond donors (Lipinski definition) is 0. The number of rotatable bonds is 3. The molecular weight excluding hydrogens is 399 g/mol. The number of hydrogen-bond acceptors (Lipinski definition) is 3. The number of benzene rings is 1. The Morgan fingerprint density at radius 3 is 2.81 bits per heavy atom. The molecule has 3 heterocycles. The van der Waals surface area contributed by atoms with Crippen molar-refractivity contribution in [2.45, 2.75) is 12.5 Å². The minimum Gasteiger partial charge on any atom is -0.333 e. The van der Waals surface area contributed by atoms with Gasteiger partial charge in [0.05, 0.1) is 15.9 Å². The molecule has 1 atom stereocenters. The molecule has 0 saturated heterocycles. The molecule has 6 heteroatoms. The van der Waals surface area contributed by atoms with Gasteiger partial charge in [-0.05, 0) is 34.9 Å². The van der Waals surface area contributed by atoms with E-state index in [0.717, 1.165) is 25.9 Å². The Hall–Kier alpha value is -2.14. The molecule has 1 amide bonds. The fraction of sp³-hybridized carbons (Fsp3) is 0.143. The quantitative estimate of drug-likeness (QED) is 0.509. The van der Waals surface area contributed by atoms with Crippen molar-refractivity contribution < 1.29 is 4.79 Å². The lowest BCUT2D eigenvalue weighted by molar-refractivity contribution is -0.127. The van der Waals surface area contributed by atoms with Crippen LogP contribution >= 0.6 is 34.5 Å². The van der Waals surface area contributed by atoms with Crippen LogP contribution in [0.3, 0.4) is 0 Å². The van der Waals surface area contributed by atoms with Crippen LogP contribution in [-0.4, -0.2) is 22.3 Å². The molecule has 1 aliphatic heterocycles. The van der Waals surface area contributed by atoms with E-state index in [9.17, 15) is 4.79 Å². The number of carbonyl (C=O) groups is 1. The number of carbonyl (C=O) groups excluding carboxylic acids is 1. The van der Waals surface area contributed by atoms with Crippen LogP contribution in [0.4, 0.5) is 0 Å². The van der Waals surface area contributed by atoms with Gasteiger partial charge in [-0.1, -0.05) is 54.0 Å². The van der Waals surface area contributed by atoms with Gasteiger partial charge in [-0.25, -0.2) is 0 Å². The minimum absolute atomic E-state index is 0.0246. The van der Waals surface area contributed by atoms with E-state index in [0.29, 0.717) is 18.1 Å². The minimum atomic E-state index is -0.0722. The molecule has 1 aliphatic rings. The van der Waals surface area contributed by atoms with E-state index in [1.807, 2.05) is 35.4 Å². The summed E-state index contributed by atoms with van der Waals surface area (Å²) in [6, 6.07) is 12.1. The van der Waals surface area contributed by atoms with Crippen LogP contribution in [0, 0.1) is 0 Å². The first kappa shape index (κ1) is 18.2. The third-order valence-corrected chi connectivity index (χ3v) is 6.23. The number of pyridine rings is 1. The zero-order valence-corrected chi connectivity index (χ0v) is 16.7. The first-order valence-electron chi connectivity index (χ1n) is 8.46. The third kappa shape index (κ3) is 3.53. The molecule has 4 rings (SSSR count). The van der Waals surface area contributed by atoms with Crippen molar-refractivity contribution in [3.8, 4) is 11.1 Å². The van der Waals surface area contributed by atoms with Crippen molar-refractivity contribution in [1.82, 2.24) is 9.88 Å². The van der Waals surface area contributed by atoms with Gasteiger partial charge in [0.2, 0.25) is 5.91 Å². The Labute approximate surface area is 171 Å². The lowest BCUT2D eigenvalue weighted by Gasteiger charge is -2.33. The van der Waals surface area contributed by atoms with Gasteiger partial charge in [-0.15, -0.1) is 11.3 Å². The predicted molar refractivity (Wildman–Crippen MR) is 111 cm³/mol. The van der Waals surface area contributed by atoms with Crippen molar-refractivity contribution in [2.75, 3.05) is 6.54 Å². The summed E-state index contributed by atoms with van der Waals surface area (Å²) in [6.45, 7) is 4.78. The monoisotopic (exact) mass is 414 g/mol. The number of fused-ring (bicyclic) bond motifs is 1. The van der Waals surface area contributed by atoms with Gasteiger partial charge in [0.15, 0.2) is 0 Å². The summed E-state index contributed by atoms with van der Waals surface area (Å²) in [4.78, 5) is 19.5. The fourth-order valence-electron chi connectivity index (χ4n) is 3.57.